The lowest BCUT2D eigenvalue weighted by atomic mass is 10.2. The Morgan fingerprint density at radius 2 is 2.16 bits per heavy atom. The van der Waals surface area contributed by atoms with Gasteiger partial charge in [-0.2, -0.15) is 5.26 Å². The highest BCUT2D eigenvalue weighted by Crippen LogP contribution is 2.30. The zero-order valence-electron chi connectivity index (χ0n) is 14.0. The maximum absolute atomic E-state index is 11.7. The third-order valence-corrected chi connectivity index (χ3v) is 3.65. The Morgan fingerprint density at radius 1 is 1.32 bits per heavy atom. The van der Waals surface area contributed by atoms with Crippen LogP contribution >= 0.6 is 0 Å². The SMILES string of the molecule is CCOC(=O)Cn1ccc2c(Oc3cc(C#N)cc(C)n3)cccc21. The van der Waals surface area contributed by atoms with Crippen LogP contribution in [0.1, 0.15) is 18.2 Å². The van der Waals surface area contributed by atoms with Crippen molar-refractivity contribution in [2.45, 2.75) is 20.4 Å². The largest absolute Gasteiger partial charge is 0.465 e. The number of esters is 1. The van der Waals surface area contributed by atoms with Crippen molar-refractivity contribution < 1.29 is 14.3 Å². The van der Waals surface area contributed by atoms with E-state index in [1.54, 1.807) is 19.1 Å². The molecule has 3 aromatic rings. The van der Waals surface area contributed by atoms with Gasteiger partial charge in [0.25, 0.3) is 0 Å². The highest BCUT2D eigenvalue weighted by molar-refractivity contribution is 5.87. The van der Waals surface area contributed by atoms with Crippen LogP contribution in [0.2, 0.25) is 0 Å². The van der Waals surface area contributed by atoms with Crippen LogP contribution in [-0.2, 0) is 16.1 Å². The fourth-order valence-electron chi connectivity index (χ4n) is 2.64. The third-order valence-electron chi connectivity index (χ3n) is 3.65. The van der Waals surface area contributed by atoms with Crippen LogP contribution in [0.3, 0.4) is 0 Å². The molecule has 0 bridgehead atoms. The van der Waals surface area contributed by atoms with Crippen molar-refractivity contribution in [3.8, 4) is 17.7 Å². The van der Waals surface area contributed by atoms with Crippen LogP contribution < -0.4 is 4.74 Å². The molecule has 126 valence electrons. The van der Waals surface area contributed by atoms with Crippen molar-refractivity contribution in [3.63, 3.8) is 0 Å². The minimum atomic E-state index is -0.287. The van der Waals surface area contributed by atoms with Gasteiger partial charge in [0.2, 0.25) is 5.88 Å². The van der Waals surface area contributed by atoms with Crippen LogP contribution in [-0.4, -0.2) is 22.1 Å². The van der Waals surface area contributed by atoms with Crippen molar-refractivity contribution in [2.24, 2.45) is 0 Å². The monoisotopic (exact) mass is 335 g/mol. The average molecular weight is 335 g/mol. The zero-order valence-corrected chi connectivity index (χ0v) is 14.0. The van der Waals surface area contributed by atoms with Crippen LogP contribution in [0.5, 0.6) is 11.6 Å². The fraction of sp³-hybridized carbons (Fsp3) is 0.211. The summed E-state index contributed by atoms with van der Waals surface area (Å²) >= 11 is 0. The maximum atomic E-state index is 11.7. The minimum absolute atomic E-state index is 0.141. The van der Waals surface area contributed by atoms with Gasteiger partial charge < -0.3 is 14.0 Å². The van der Waals surface area contributed by atoms with E-state index in [1.807, 2.05) is 42.0 Å². The Morgan fingerprint density at radius 3 is 2.92 bits per heavy atom. The number of rotatable bonds is 5. The molecular weight excluding hydrogens is 318 g/mol. The summed E-state index contributed by atoms with van der Waals surface area (Å²) in [5.74, 6) is 0.689. The van der Waals surface area contributed by atoms with Crippen molar-refractivity contribution in [2.75, 3.05) is 6.61 Å². The molecule has 0 aliphatic heterocycles. The molecule has 2 aromatic heterocycles. The van der Waals surface area contributed by atoms with Gasteiger partial charge in [0.15, 0.2) is 0 Å². The first-order valence-electron chi connectivity index (χ1n) is 7.91. The van der Waals surface area contributed by atoms with E-state index in [1.165, 1.54) is 0 Å². The molecule has 0 atom stereocenters. The topological polar surface area (TPSA) is 77.1 Å². The summed E-state index contributed by atoms with van der Waals surface area (Å²) < 4.78 is 12.7. The molecule has 0 N–H and O–H groups in total. The van der Waals surface area contributed by atoms with E-state index < -0.39 is 0 Å². The molecule has 3 rings (SSSR count). The van der Waals surface area contributed by atoms with E-state index in [-0.39, 0.29) is 12.5 Å². The lowest BCUT2D eigenvalue weighted by molar-refractivity contribution is -0.143. The van der Waals surface area contributed by atoms with Gasteiger partial charge in [-0.15, -0.1) is 0 Å². The van der Waals surface area contributed by atoms with Gasteiger partial charge in [-0.05, 0) is 38.1 Å². The number of fused-ring (bicyclic) bond motifs is 1. The molecular formula is C19H17N3O3. The van der Waals surface area contributed by atoms with Gasteiger partial charge in [-0.1, -0.05) is 6.07 Å². The fourth-order valence-corrected chi connectivity index (χ4v) is 2.64. The second kappa shape index (κ2) is 7.05. The van der Waals surface area contributed by atoms with E-state index in [0.29, 0.717) is 29.5 Å². The van der Waals surface area contributed by atoms with Crippen molar-refractivity contribution >= 4 is 16.9 Å². The molecule has 0 aliphatic carbocycles. The van der Waals surface area contributed by atoms with Gasteiger partial charge in [-0.3, -0.25) is 4.79 Å². The molecule has 6 nitrogen and oxygen atoms in total. The standard InChI is InChI=1S/C19H17N3O3/c1-3-24-19(23)12-22-8-7-15-16(22)5-4-6-17(15)25-18-10-14(11-20)9-13(2)21-18/h4-10H,3,12H2,1-2H3. The number of ether oxygens (including phenoxy) is 2. The number of carbonyl (C=O) groups excluding carboxylic acids is 1. The molecule has 6 heteroatoms. The number of hydrogen-bond donors (Lipinski definition) is 0. The molecule has 0 saturated heterocycles. The van der Waals surface area contributed by atoms with E-state index >= 15 is 0 Å². The van der Waals surface area contributed by atoms with E-state index in [0.717, 1.165) is 10.9 Å². The predicted molar refractivity (Wildman–Crippen MR) is 92.3 cm³/mol. The Balaban J connectivity index is 1.93. The van der Waals surface area contributed by atoms with Crippen molar-refractivity contribution in [1.29, 1.82) is 5.26 Å². The lowest BCUT2D eigenvalue weighted by Crippen LogP contribution is -2.12. The highest BCUT2D eigenvalue weighted by Gasteiger charge is 2.11. The molecule has 0 unspecified atom stereocenters. The number of aromatic nitrogens is 2. The molecule has 0 radical (unpaired) electrons. The van der Waals surface area contributed by atoms with Crippen LogP contribution in [0.15, 0.2) is 42.6 Å². The summed E-state index contributed by atoms with van der Waals surface area (Å²) in [7, 11) is 0. The average Bonchev–Trinajstić information content (AvgIpc) is 2.98. The minimum Gasteiger partial charge on any atom is -0.465 e. The Labute approximate surface area is 145 Å². The molecule has 0 aliphatic rings. The van der Waals surface area contributed by atoms with Gasteiger partial charge in [-0.25, -0.2) is 4.98 Å². The second-order valence-electron chi connectivity index (χ2n) is 5.49. The summed E-state index contributed by atoms with van der Waals surface area (Å²) in [5, 5.41) is 9.93. The normalized spacial score (nSPS) is 10.4. The molecule has 1 aromatic carbocycles. The molecule has 0 saturated carbocycles. The Kier molecular flexibility index (Phi) is 4.66. The number of hydrogen-bond acceptors (Lipinski definition) is 5. The summed E-state index contributed by atoms with van der Waals surface area (Å²) in [4.78, 5) is 16.0. The van der Waals surface area contributed by atoms with Crippen molar-refractivity contribution in [3.05, 3.63) is 53.9 Å². The maximum Gasteiger partial charge on any atom is 0.325 e. The van der Waals surface area contributed by atoms with Gasteiger partial charge in [0.1, 0.15) is 12.3 Å². The van der Waals surface area contributed by atoms with Crippen molar-refractivity contribution in [1.82, 2.24) is 9.55 Å². The summed E-state index contributed by atoms with van der Waals surface area (Å²) in [6.45, 7) is 4.08. The first kappa shape index (κ1) is 16.5. The summed E-state index contributed by atoms with van der Waals surface area (Å²) in [6.07, 6.45) is 1.82. The van der Waals surface area contributed by atoms with Crippen LogP contribution in [0.4, 0.5) is 0 Å². The van der Waals surface area contributed by atoms with Gasteiger partial charge in [0.05, 0.1) is 23.8 Å². The lowest BCUT2D eigenvalue weighted by Gasteiger charge is -2.09. The Hall–Kier alpha value is -3.33. The van der Waals surface area contributed by atoms with Gasteiger partial charge >= 0.3 is 5.97 Å². The first-order chi connectivity index (χ1) is 12.1. The smallest absolute Gasteiger partial charge is 0.325 e. The molecule has 2 heterocycles. The van der Waals surface area contributed by atoms with Crippen LogP contribution in [0, 0.1) is 18.3 Å². The number of pyridine rings is 1. The highest BCUT2D eigenvalue weighted by atomic mass is 16.5. The van der Waals surface area contributed by atoms with E-state index in [2.05, 4.69) is 11.1 Å². The summed E-state index contributed by atoms with van der Waals surface area (Å²) in [6, 6.07) is 12.9. The number of nitrogens with zero attached hydrogens (tertiary/aromatic N) is 3. The quantitative estimate of drug-likeness (QED) is 0.666. The Bertz CT molecular complexity index is 970. The number of aryl methyl sites for hydroxylation is 1. The van der Waals surface area contributed by atoms with E-state index in [4.69, 9.17) is 14.7 Å². The second-order valence-corrected chi connectivity index (χ2v) is 5.49. The third kappa shape index (κ3) is 3.61. The predicted octanol–water partition coefficient (Wildman–Crippen LogP) is 3.57. The van der Waals surface area contributed by atoms with Crippen LogP contribution in [0.25, 0.3) is 10.9 Å². The molecule has 25 heavy (non-hydrogen) atoms. The first-order valence-corrected chi connectivity index (χ1v) is 7.91. The summed E-state index contributed by atoms with van der Waals surface area (Å²) in [5.41, 5.74) is 2.06. The molecule has 0 spiro atoms. The molecule has 0 amide bonds. The van der Waals surface area contributed by atoms with E-state index in [9.17, 15) is 4.79 Å². The zero-order chi connectivity index (χ0) is 17.8. The molecule has 0 fully saturated rings. The van der Waals surface area contributed by atoms with Gasteiger partial charge in [0, 0.05) is 23.3 Å². The number of nitriles is 1. The number of benzene rings is 1. The number of carbonyl (C=O) groups is 1.